The van der Waals surface area contributed by atoms with Gasteiger partial charge in [-0.25, -0.2) is 4.39 Å². The lowest BCUT2D eigenvalue weighted by molar-refractivity contribution is 0.102. The molecule has 0 atom stereocenters. The number of fused-ring (bicyclic) bond motifs is 1. The Bertz CT molecular complexity index is 1010. The summed E-state index contributed by atoms with van der Waals surface area (Å²) in [5.74, 6) is 2.29. The normalized spacial score (nSPS) is 12.2. The van der Waals surface area contributed by atoms with E-state index in [2.05, 4.69) is 10.2 Å². The quantitative estimate of drug-likeness (QED) is 0.444. The van der Waals surface area contributed by atoms with Crippen molar-refractivity contribution in [3.8, 4) is 17.2 Å². The van der Waals surface area contributed by atoms with Gasteiger partial charge in [-0.1, -0.05) is 11.8 Å². The molecule has 7 nitrogen and oxygen atoms in total. The van der Waals surface area contributed by atoms with Crippen LogP contribution in [-0.2, 0) is 13.7 Å². The van der Waals surface area contributed by atoms with Crippen molar-refractivity contribution in [2.24, 2.45) is 7.05 Å². The molecule has 0 fully saturated rings. The molecule has 0 bridgehead atoms. The number of ketones is 1. The van der Waals surface area contributed by atoms with Crippen LogP contribution in [0, 0.1) is 5.82 Å². The van der Waals surface area contributed by atoms with E-state index in [1.165, 1.54) is 36.0 Å². The van der Waals surface area contributed by atoms with E-state index in [4.69, 9.17) is 14.2 Å². The summed E-state index contributed by atoms with van der Waals surface area (Å²) < 4.78 is 31.1. The Morgan fingerprint density at radius 2 is 1.96 bits per heavy atom. The van der Waals surface area contributed by atoms with E-state index in [0.717, 1.165) is 0 Å². The van der Waals surface area contributed by atoms with Gasteiger partial charge in [-0.15, -0.1) is 10.2 Å². The highest BCUT2D eigenvalue weighted by Crippen LogP contribution is 2.35. The standard InChI is InChI=1S/C19H16FN3O4S/c1-23-18(9-25-14-6-7-16-17(8-14)27-11-26-16)21-22-19(23)28-10-15(24)12-2-4-13(20)5-3-12/h2-8H,9-11H2,1H3. The number of Topliss-reactive ketones (excluding diaryl/α,β-unsaturated/α-hetero) is 1. The van der Waals surface area contributed by atoms with E-state index in [9.17, 15) is 9.18 Å². The maximum Gasteiger partial charge on any atom is 0.231 e. The van der Waals surface area contributed by atoms with Gasteiger partial charge in [0.2, 0.25) is 6.79 Å². The van der Waals surface area contributed by atoms with Gasteiger partial charge in [0.15, 0.2) is 28.3 Å². The van der Waals surface area contributed by atoms with Crippen LogP contribution in [0.1, 0.15) is 16.2 Å². The van der Waals surface area contributed by atoms with Crippen LogP contribution in [0.2, 0.25) is 0 Å². The summed E-state index contributed by atoms with van der Waals surface area (Å²) in [5.41, 5.74) is 0.461. The molecule has 0 saturated carbocycles. The van der Waals surface area contributed by atoms with Crippen LogP contribution in [0.25, 0.3) is 0 Å². The molecular formula is C19H16FN3O4S. The molecule has 0 N–H and O–H groups in total. The first-order valence-corrected chi connectivity index (χ1v) is 9.41. The number of benzene rings is 2. The minimum atomic E-state index is -0.371. The lowest BCUT2D eigenvalue weighted by atomic mass is 10.1. The average molecular weight is 401 g/mol. The maximum absolute atomic E-state index is 13.0. The average Bonchev–Trinajstić information content (AvgIpc) is 3.31. The minimum Gasteiger partial charge on any atom is -0.485 e. The van der Waals surface area contributed by atoms with Gasteiger partial charge in [-0.05, 0) is 36.4 Å². The topological polar surface area (TPSA) is 75.5 Å². The molecule has 9 heteroatoms. The Morgan fingerprint density at radius 3 is 2.79 bits per heavy atom. The number of hydrogen-bond donors (Lipinski definition) is 0. The number of nitrogens with zero attached hydrogens (tertiary/aromatic N) is 3. The molecule has 4 rings (SSSR count). The number of rotatable bonds is 7. The number of carbonyl (C=O) groups excluding carboxylic acids is 1. The summed E-state index contributed by atoms with van der Waals surface area (Å²) in [6, 6.07) is 10.8. The van der Waals surface area contributed by atoms with Crippen LogP contribution in [0.5, 0.6) is 17.2 Å². The van der Waals surface area contributed by atoms with E-state index in [0.29, 0.717) is 33.8 Å². The number of halogens is 1. The molecular weight excluding hydrogens is 385 g/mol. The Kier molecular flexibility index (Phi) is 5.16. The monoisotopic (exact) mass is 401 g/mol. The molecule has 0 aliphatic carbocycles. The minimum absolute atomic E-state index is 0.105. The van der Waals surface area contributed by atoms with E-state index in [1.807, 2.05) is 7.05 Å². The molecule has 1 aliphatic rings. The first kappa shape index (κ1) is 18.3. The molecule has 2 heterocycles. The van der Waals surface area contributed by atoms with Crippen molar-refractivity contribution < 1.29 is 23.4 Å². The van der Waals surface area contributed by atoms with Crippen LogP contribution >= 0.6 is 11.8 Å². The SMILES string of the molecule is Cn1c(COc2ccc3c(c2)OCO3)nnc1SCC(=O)c1ccc(F)cc1. The van der Waals surface area contributed by atoms with Gasteiger partial charge in [-0.2, -0.15) is 0 Å². The molecule has 0 radical (unpaired) electrons. The zero-order valence-corrected chi connectivity index (χ0v) is 15.7. The van der Waals surface area contributed by atoms with Gasteiger partial charge in [0.25, 0.3) is 0 Å². The molecule has 0 unspecified atom stereocenters. The molecule has 144 valence electrons. The molecule has 28 heavy (non-hydrogen) atoms. The van der Waals surface area contributed by atoms with E-state index < -0.39 is 0 Å². The molecule has 1 aromatic heterocycles. The fourth-order valence-electron chi connectivity index (χ4n) is 2.56. The van der Waals surface area contributed by atoms with Crippen molar-refractivity contribution >= 4 is 17.5 Å². The molecule has 2 aromatic carbocycles. The second-order valence-corrected chi connectivity index (χ2v) is 6.92. The van der Waals surface area contributed by atoms with Crippen molar-refractivity contribution in [1.82, 2.24) is 14.8 Å². The van der Waals surface area contributed by atoms with Crippen molar-refractivity contribution in [1.29, 1.82) is 0 Å². The third-order valence-electron chi connectivity index (χ3n) is 4.14. The van der Waals surface area contributed by atoms with E-state index >= 15 is 0 Å². The van der Waals surface area contributed by atoms with Gasteiger partial charge in [-0.3, -0.25) is 4.79 Å². The van der Waals surface area contributed by atoms with Crippen molar-refractivity contribution in [3.63, 3.8) is 0 Å². The Balaban J connectivity index is 1.35. The predicted octanol–water partition coefficient (Wildman–Crippen LogP) is 3.24. The number of hydrogen-bond acceptors (Lipinski definition) is 7. The van der Waals surface area contributed by atoms with Gasteiger partial charge in [0.1, 0.15) is 18.2 Å². The third-order valence-corrected chi connectivity index (χ3v) is 5.16. The summed E-state index contributed by atoms with van der Waals surface area (Å²) in [6.07, 6.45) is 0. The number of ether oxygens (including phenoxy) is 3. The van der Waals surface area contributed by atoms with Crippen molar-refractivity contribution in [2.75, 3.05) is 12.5 Å². The highest BCUT2D eigenvalue weighted by molar-refractivity contribution is 7.99. The number of carbonyl (C=O) groups is 1. The molecule has 0 amide bonds. The Hall–Kier alpha value is -3.07. The zero-order valence-electron chi connectivity index (χ0n) is 14.9. The number of aromatic nitrogens is 3. The lowest BCUT2D eigenvalue weighted by Gasteiger charge is -2.07. The van der Waals surface area contributed by atoms with Crippen LogP contribution in [-0.4, -0.2) is 33.1 Å². The van der Waals surface area contributed by atoms with Crippen molar-refractivity contribution in [3.05, 3.63) is 59.7 Å². The smallest absolute Gasteiger partial charge is 0.231 e. The first-order valence-electron chi connectivity index (χ1n) is 8.42. The third kappa shape index (κ3) is 3.94. The summed E-state index contributed by atoms with van der Waals surface area (Å²) in [4.78, 5) is 12.2. The number of thioether (sulfide) groups is 1. The summed E-state index contributed by atoms with van der Waals surface area (Å²) >= 11 is 1.27. The second-order valence-electron chi connectivity index (χ2n) is 5.98. The van der Waals surface area contributed by atoms with Crippen LogP contribution in [0.15, 0.2) is 47.6 Å². The van der Waals surface area contributed by atoms with E-state index in [1.54, 1.807) is 22.8 Å². The molecule has 0 spiro atoms. The van der Waals surface area contributed by atoms with Crippen LogP contribution < -0.4 is 14.2 Å². The van der Waals surface area contributed by atoms with Crippen LogP contribution in [0.4, 0.5) is 4.39 Å². The van der Waals surface area contributed by atoms with Crippen molar-refractivity contribution in [2.45, 2.75) is 11.8 Å². The van der Waals surface area contributed by atoms with E-state index in [-0.39, 0.29) is 30.8 Å². The predicted molar refractivity (Wildman–Crippen MR) is 99.4 cm³/mol. The van der Waals surface area contributed by atoms with Gasteiger partial charge >= 0.3 is 0 Å². The fourth-order valence-corrected chi connectivity index (χ4v) is 3.38. The lowest BCUT2D eigenvalue weighted by Crippen LogP contribution is -2.06. The summed E-state index contributed by atoms with van der Waals surface area (Å²) in [5, 5.41) is 8.82. The maximum atomic E-state index is 13.0. The van der Waals surface area contributed by atoms with Gasteiger partial charge in [0, 0.05) is 18.7 Å². The Morgan fingerprint density at radius 1 is 1.18 bits per heavy atom. The fraction of sp³-hybridized carbons (Fsp3) is 0.211. The first-order chi connectivity index (χ1) is 13.6. The highest BCUT2D eigenvalue weighted by Gasteiger charge is 2.16. The molecule has 0 saturated heterocycles. The van der Waals surface area contributed by atoms with Gasteiger partial charge in [0.05, 0.1) is 5.75 Å². The zero-order chi connectivity index (χ0) is 19.5. The molecule has 3 aromatic rings. The van der Waals surface area contributed by atoms with Crippen LogP contribution in [0.3, 0.4) is 0 Å². The summed E-state index contributed by atoms with van der Waals surface area (Å²) in [6.45, 7) is 0.426. The van der Waals surface area contributed by atoms with Gasteiger partial charge < -0.3 is 18.8 Å². The Labute approximate surface area is 164 Å². The summed E-state index contributed by atoms with van der Waals surface area (Å²) in [7, 11) is 1.81. The molecule has 1 aliphatic heterocycles. The highest BCUT2D eigenvalue weighted by atomic mass is 32.2. The largest absolute Gasteiger partial charge is 0.485 e. The second kappa shape index (κ2) is 7.89.